The van der Waals surface area contributed by atoms with E-state index in [0.717, 1.165) is 0 Å². The van der Waals surface area contributed by atoms with Crippen LogP contribution in [0, 0.1) is 0 Å². The third kappa shape index (κ3) is 4.40. The van der Waals surface area contributed by atoms with E-state index in [0.29, 0.717) is 4.47 Å². The zero-order chi connectivity index (χ0) is 13.2. The van der Waals surface area contributed by atoms with Crippen LogP contribution < -0.4 is 5.32 Å². The number of rotatable bonds is 1. The van der Waals surface area contributed by atoms with Gasteiger partial charge in [-0.3, -0.25) is 5.32 Å². The van der Waals surface area contributed by atoms with E-state index in [4.69, 9.17) is 16.3 Å². The van der Waals surface area contributed by atoms with E-state index in [1.54, 1.807) is 20.8 Å². The Bertz CT molecular complexity index is 446. The van der Waals surface area contributed by atoms with Crippen molar-refractivity contribution in [3.63, 3.8) is 0 Å². The summed E-state index contributed by atoms with van der Waals surface area (Å²) in [6, 6.07) is 1.34. The first-order chi connectivity index (χ1) is 7.69. The molecule has 0 bridgehead atoms. The van der Waals surface area contributed by atoms with Crippen LogP contribution in [0.25, 0.3) is 0 Å². The zero-order valence-corrected chi connectivity index (χ0v) is 11.9. The summed E-state index contributed by atoms with van der Waals surface area (Å²) in [6.07, 6.45) is -0.710. The Kier molecular flexibility index (Phi) is 4.21. The van der Waals surface area contributed by atoms with Gasteiger partial charge in [0, 0.05) is 6.07 Å². The number of amides is 1. The highest BCUT2D eigenvalue weighted by Gasteiger charge is 2.18. The Hall–Kier alpha value is -1.01. The van der Waals surface area contributed by atoms with E-state index in [-0.39, 0.29) is 16.7 Å². The fraction of sp³-hybridized carbons (Fsp3) is 0.400. The number of carbonyl (C=O) groups is 1. The van der Waals surface area contributed by atoms with Gasteiger partial charge < -0.3 is 9.84 Å². The number of carbonyl (C=O) groups excluding carboxylic acids is 1. The van der Waals surface area contributed by atoms with Gasteiger partial charge in [-0.05, 0) is 36.7 Å². The Balaban J connectivity index is 2.82. The summed E-state index contributed by atoms with van der Waals surface area (Å²) in [4.78, 5) is 15.2. The molecule has 0 fully saturated rings. The SMILES string of the molecule is CC(C)(C)OC(=O)Nc1nc(Cl)c(Br)cc1O. The molecule has 1 aromatic rings. The van der Waals surface area contributed by atoms with E-state index in [1.807, 2.05) is 0 Å². The van der Waals surface area contributed by atoms with Gasteiger partial charge in [-0.15, -0.1) is 0 Å². The highest BCUT2D eigenvalue weighted by atomic mass is 79.9. The normalized spacial score (nSPS) is 11.1. The highest BCUT2D eigenvalue weighted by molar-refractivity contribution is 9.10. The number of pyridine rings is 1. The second-order valence-electron chi connectivity index (χ2n) is 4.26. The molecule has 17 heavy (non-hydrogen) atoms. The number of hydrogen-bond donors (Lipinski definition) is 2. The van der Waals surface area contributed by atoms with Crippen molar-refractivity contribution in [3.05, 3.63) is 15.7 Å². The summed E-state index contributed by atoms with van der Waals surface area (Å²) in [5.41, 5.74) is -0.626. The molecule has 1 heterocycles. The molecular weight excluding hydrogens is 311 g/mol. The van der Waals surface area contributed by atoms with Crippen molar-refractivity contribution < 1.29 is 14.6 Å². The first-order valence-electron chi connectivity index (χ1n) is 4.74. The topological polar surface area (TPSA) is 71.5 Å². The number of halogens is 2. The van der Waals surface area contributed by atoms with Crippen molar-refractivity contribution in [2.75, 3.05) is 5.32 Å². The maximum Gasteiger partial charge on any atom is 0.413 e. The molecule has 0 aliphatic carbocycles. The fourth-order valence-electron chi connectivity index (χ4n) is 0.949. The zero-order valence-electron chi connectivity index (χ0n) is 9.54. The molecule has 94 valence electrons. The number of hydrogen-bond acceptors (Lipinski definition) is 4. The third-order valence-electron chi connectivity index (χ3n) is 1.53. The lowest BCUT2D eigenvalue weighted by atomic mass is 10.2. The molecule has 0 saturated heterocycles. The second-order valence-corrected chi connectivity index (χ2v) is 5.47. The number of aromatic hydroxyl groups is 1. The van der Waals surface area contributed by atoms with Crippen LogP contribution in [0.3, 0.4) is 0 Å². The minimum atomic E-state index is -0.710. The molecule has 0 spiro atoms. The van der Waals surface area contributed by atoms with Gasteiger partial charge in [-0.2, -0.15) is 0 Å². The molecule has 0 unspecified atom stereocenters. The molecule has 0 aliphatic rings. The standard InChI is InChI=1S/C10H12BrClN2O3/c1-10(2,3)17-9(16)14-8-6(15)4-5(11)7(12)13-8/h4,15H,1-3H3,(H,13,14,16). The highest BCUT2D eigenvalue weighted by Crippen LogP contribution is 2.30. The maximum atomic E-state index is 11.4. The Morgan fingerprint density at radius 2 is 2.18 bits per heavy atom. The lowest BCUT2D eigenvalue weighted by Gasteiger charge is -2.19. The van der Waals surface area contributed by atoms with Crippen LogP contribution in [-0.4, -0.2) is 21.8 Å². The average molecular weight is 324 g/mol. The van der Waals surface area contributed by atoms with Gasteiger partial charge >= 0.3 is 6.09 Å². The van der Waals surface area contributed by atoms with Gasteiger partial charge in [0.25, 0.3) is 0 Å². The molecule has 1 aromatic heterocycles. The average Bonchev–Trinajstić information content (AvgIpc) is 2.11. The second kappa shape index (κ2) is 5.10. The minimum absolute atomic E-state index is 0.0487. The van der Waals surface area contributed by atoms with E-state index >= 15 is 0 Å². The summed E-state index contributed by atoms with van der Waals surface area (Å²) in [6.45, 7) is 5.19. The maximum absolute atomic E-state index is 11.4. The number of nitrogens with zero attached hydrogens (tertiary/aromatic N) is 1. The van der Waals surface area contributed by atoms with Gasteiger partial charge in [0.15, 0.2) is 11.6 Å². The van der Waals surface area contributed by atoms with Gasteiger partial charge in [0.05, 0.1) is 4.47 Å². The van der Waals surface area contributed by atoms with Crippen LogP contribution in [-0.2, 0) is 4.74 Å². The number of aromatic nitrogens is 1. The van der Waals surface area contributed by atoms with E-state index < -0.39 is 11.7 Å². The monoisotopic (exact) mass is 322 g/mol. The lowest BCUT2D eigenvalue weighted by Crippen LogP contribution is -2.27. The predicted octanol–water partition coefficient (Wildman–Crippen LogP) is 3.55. The third-order valence-corrected chi connectivity index (χ3v) is 2.65. The summed E-state index contributed by atoms with van der Waals surface area (Å²) >= 11 is 8.84. The fourth-order valence-corrected chi connectivity index (χ4v) is 1.39. The van der Waals surface area contributed by atoms with Crippen molar-refractivity contribution in [1.82, 2.24) is 4.98 Å². The van der Waals surface area contributed by atoms with Crippen LogP contribution in [0.5, 0.6) is 5.75 Å². The van der Waals surface area contributed by atoms with Gasteiger partial charge in [-0.1, -0.05) is 11.6 Å². The van der Waals surface area contributed by atoms with E-state index in [2.05, 4.69) is 26.2 Å². The Morgan fingerprint density at radius 3 is 2.71 bits per heavy atom. The number of nitrogens with one attached hydrogen (secondary N) is 1. The molecule has 0 aromatic carbocycles. The van der Waals surface area contributed by atoms with Crippen molar-refractivity contribution in [2.24, 2.45) is 0 Å². The molecule has 0 saturated carbocycles. The smallest absolute Gasteiger partial charge is 0.413 e. The molecule has 0 atom stereocenters. The van der Waals surface area contributed by atoms with Crippen LogP contribution in [0.4, 0.5) is 10.6 Å². The molecule has 0 radical (unpaired) electrons. The number of ether oxygens (including phenoxy) is 1. The summed E-state index contributed by atoms with van der Waals surface area (Å²) < 4.78 is 5.45. The van der Waals surface area contributed by atoms with E-state index in [1.165, 1.54) is 6.07 Å². The summed E-state index contributed by atoms with van der Waals surface area (Å²) in [5.74, 6) is -0.250. The molecule has 1 rings (SSSR count). The van der Waals surface area contributed by atoms with Crippen molar-refractivity contribution in [3.8, 4) is 5.75 Å². The molecule has 7 heteroatoms. The van der Waals surface area contributed by atoms with Gasteiger partial charge in [0.1, 0.15) is 10.8 Å². The van der Waals surface area contributed by atoms with Crippen LogP contribution in [0.1, 0.15) is 20.8 Å². The molecular formula is C10H12BrClN2O3. The lowest BCUT2D eigenvalue weighted by molar-refractivity contribution is 0.0634. The molecule has 0 aliphatic heterocycles. The van der Waals surface area contributed by atoms with Crippen LogP contribution in [0.15, 0.2) is 10.5 Å². The van der Waals surface area contributed by atoms with Crippen molar-refractivity contribution in [1.29, 1.82) is 0 Å². The summed E-state index contributed by atoms with van der Waals surface area (Å²) in [7, 11) is 0. The quantitative estimate of drug-likeness (QED) is 0.775. The van der Waals surface area contributed by atoms with Crippen LogP contribution >= 0.6 is 27.5 Å². The van der Waals surface area contributed by atoms with Gasteiger partial charge in [0.2, 0.25) is 0 Å². The van der Waals surface area contributed by atoms with Crippen molar-refractivity contribution >= 4 is 39.4 Å². The van der Waals surface area contributed by atoms with Crippen molar-refractivity contribution in [2.45, 2.75) is 26.4 Å². The molecule has 2 N–H and O–H groups in total. The Morgan fingerprint density at radius 1 is 1.59 bits per heavy atom. The first-order valence-corrected chi connectivity index (χ1v) is 5.91. The number of anilines is 1. The van der Waals surface area contributed by atoms with Gasteiger partial charge in [-0.25, -0.2) is 9.78 Å². The Labute approximate surface area is 112 Å². The largest absolute Gasteiger partial charge is 0.504 e. The molecule has 1 amide bonds. The minimum Gasteiger partial charge on any atom is -0.504 e. The summed E-state index contributed by atoms with van der Waals surface area (Å²) in [5, 5.41) is 12.0. The molecule has 5 nitrogen and oxygen atoms in total. The first kappa shape index (κ1) is 14.1. The van der Waals surface area contributed by atoms with Crippen LogP contribution in [0.2, 0.25) is 5.15 Å². The predicted molar refractivity (Wildman–Crippen MR) is 68.5 cm³/mol. The van der Waals surface area contributed by atoms with E-state index in [9.17, 15) is 9.90 Å².